The molecule has 0 bridgehead atoms. The molecule has 1 aromatic carbocycles. The highest BCUT2D eigenvalue weighted by Crippen LogP contribution is 2.39. The monoisotopic (exact) mass is 231 g/mol. The standard InChI is InChI=1S/C10H14ClNO3/c1-6-4-8(14-2)10(15-3)9(11)7(6)5-12-13/h4,12-13H,5H2,1-3H3. The van der Waals surface area contributed by atoms with E-state index >= 15 is 0 Å². The number of rotatable bonds is 4. The van der Waals surface area contributed by atoms with Gasteiger partial charge < -0.3 is 14.7 Å². The molecular weight excluding hydrogens is 218 g/mol. The van der Waals surface area contributed by atoms with Crippen LogP contribution < -0.4 is 15.0 Å². The molecule has 0 aromatic heterocycles. The van der Waals surface area contributed by atoms with E-state index in [2.05, 4.69) is 5.48 Å². The van der Waals surface area contributed by atoms with Gasteiger partial charge in [-0.3, -0.25) is 0 Å². The molecule has 0 aliphatic carbocycles. The van der Waals surface area contributed by atoms with E-state index in [4.69, 9.17) is 26.3 Å². The van der Waals surface area contributed by atoms with Crippen molar-refractivity contribution in [2.75, 3.05) is 14.2 Å². The van der Waals surface area contributed by atoms with E-state index in [1.165, 1.54) is 7.11 Å². The summed E-state index contributed by atoms with van der Waals surface area (Å²) in [6, 6.07) is 1.82. The minimum absolute atomic E-state index is 0.269. The Morgan fingerprint density at radius 2 is 2.07 bits per heavy atom. The van der Waals surface area contributed by atoms with Crippen LogP contribution in [0.2, 0.25) is 5.02 Å². The van der Waals surface area contributed by atoms with Crippen molar-refractivity contribution in [3.05, 3.63) is 22.2 Å². The molecular formula is C10H14ClNO3. The summed E-state index contributed by atoms with van der Waals surface area (Å²) >= 11 is 6.12. The summed E-state index contributed by atoms with van der Waals surface area (Å²) in [6.45, 7) is 2.16. The van der Waals surface area contributed by atoms with Gasteiger partial charge in [0.15, 0.2) is 11.5 Å². The largest absolute Gasteiger partial charge is 0.493 e. The molecule has 0 aliphatic rings. The van der Waals surface area contributed by atoms with E-state index in [-0.39, 0.29) is 6.54 Å². The van der Waals surface area contributed by atoms with E-state index in [1.54, 1.807) is 7.11 Å². The third kappa shape index (κ3) is 2.34. The Balaban J connectivity index is 3.31. The molecule has 1 aromatic rings. The van der Waals surface area contributed by atoms with Crippen LogP contribution in [0.3, 0.4) is 0 Å². The first-order valence-corrected chi connectivity index (χ1v) is 4.80. The van der Waals surface area contributed by atoms with Crippen LogP contribution in [0.25, 0.3) is 0 Å². The summed E-state index contributed by atoms with van der Waals surface area (Å²) in [5.41, 5.74) is 3.79. The third-order valence-electron chi connectivity index (χ3n) is 2.19. The SMILES string of the molecule is COc1cc(C)c(CNO)c(Cl)c1OC. The number of benzene rings is 1. The van der Waals surface area contributed by atoms with Crippen LogP contribution in [0.1, 0.15) is 11.1 Å². The Kier molecular flexibility index (Phi) is 4.20. The highest BCUT2D eigenvalue weighted by molar-refractivity contribution is 6.33. The van der Waals surface area contributed by atoms with Crippen LogP contribution in [0, 0.1) is 6.92 Å². The van der Waals surface area contributed by atoms with Crippen molar-refractivity contribution in [1.82, 2.24) is 5.48 Å². The van der Waals surface area contributed by atoms with Gasteiger partial charge in [0.1, 0.15) is 0 Å². The highest BCUT2D eigenvalue weighted by Gasteiger charge is 2.15. The maximum absolute atomic E-state index is 8.68. The van der Waals surface area contributed by atoms with E-state index in [0.717, 1.165) is 11.1 Å². The minimum atomic E-state index is 0.269. The second-order valence-electron chi connectivity index (χ2n) is 3.06. The molecule has 0 saturated heterocycles. The summed E-state index contributed by atoms with van der Waals surface area (Å²) < 4.78 is 10.3. The lowest BCUT2D eigenvalue weighted by Crippen LogP contribution is -2.09. The predicted molar refractivity (Wildman–Crippen MR) is 57.9 cm³/mol. The molecule has 0 amide bonds. The molecule has 2 N–H and O–H groups in total. The van der Waals surface area contributed by atoms with Crippen molar-refractivity contribution in [3.63, 3.8) is 0 Å². The second-order valence-corrected chi connectivity index (χ2v) is 3.43. The number of methoxy groups -OCH3 is 2. The van der Waals surface area contributed by atoms with Gasteiger partial charge in [-0.25, -0.2) is 5.48 Å². The number of hydrogen-bond acceptors (Lipinski definition) is 4. The van der Waals surface area contributed by atoms with Gasteiger partial charge in [0.05, 0.1) is 19.2 Å². The molecule has 0 radical (unpaired) electrons. The average Bonchev–Trinajstić information content (AvgIpc) is 2.23. The van der Waals surface area contributed by atoms with Gasteiger partial charge in [0.2, 0.25) is 0 Å². The summed E-state index contributed by atoms with van der Waals surface area (Å²) in [5, 5.41) is 9.13. The quantitative estimate of drug-likeness (QED) is 0.780. The zero-order valence-corrected chi connectivity index (χ0v) is 9.68. The van der Waals surface area contributed by atoms with Crippen LogP contribution in [0.5, 0.6) is 11.5 Å². The van der Waals surface area contributed by atoms with Crippen LogP contribution in [-0.2, 0) is 6.54 Å². The Bertz CT molecular complexity index is 355. The Morgan fingerprint density at radius 3 is 2.53 bits per heavy atom. The number of aryl methyl sites for hydroxylation is 1. The smallest absolute Gasteiger partial charge is 0.179 e. The molecule has 5 heteroatoms. The lowest BCUT2D eigenvalue weighted by molar-refractivity contribution is 0.161. The molecule has 0 fully saturated rings. The molecule has 0 unspecified atom stereocenters. The normalized spacial score (nSPS) is 10.2. The zero-order valence-electron chi connectivity index (χ0n) is 8.93. The molecule has 0 aliphatic heterocycles. The second kappa shape index (κ2) is 5.21. The first kappa shape index (κ1) is 12.1. The summed E-state index contributed by atoms with van der Waals surface area (Å²) in [7, 11) is 3.08. The fourth-order valence-electron chi connectivity index (χ4n) is 1.41. The topological polar surface area (TPSA) is 50.7 Å². The summed E-state index contributed by atoms with van der Waals surface area (Å²) in [4.78, 5) is 0. The number of halogens is 1. The van der Waals surface area contributed by atoms with Crippen molar-refractivity contribution in [1.29, 1.82) is 0 Å². The molecule has 1 rings (SSSR count). The van der Waals surface area contributed by atoms with Crippen molar-refractivity contribution in [2.24, 2.45) is 0 Å². The van der Waals surface area contributed by atoms with E-state index in [1.807, 2.05) is 13.0 Å². The number of hydroxylamine groups is 1. The van der Waals surface area contributed by atoms with Crippen molar-refractivity contribution >= 4 is 11.6 Å². The van der Waals surface area contributed by atoms with Crippen LogP contribution >= 0.6 is 11.6 Å². The summed E-state index contributed by atoms with van der Waals surface area (Å²) in [6.07, 6.45) is 0. The van der Waals surface area contributed by atoms with Gasteiger partial charge >= 0.3 is 0 Å². The van der Waals surface area contributed by atoms with E-state index in [9.17, 15) is 0 Å². The lowest BCUT2D eigenvalue weighted by Gasteiger charge is -2.15. The molecule has 0 atom stereocenters. The molecule has 0 spiro atoms. The number of ether oxygens (including phenoxy) is 2. The van der Waals surface area contributed by atoms with Gasteiger partial charge in [-0.15, -0.1) is 0 Å². The van der Waals surface area contributed by atoms with E-state index in [0.29, 0.717) is 16.5 Å². The van der Waals surface area contributed by atoms with Gasteiger partial charge in [-0.1, -0.05) is 11.6 Å². The Morgan fingerprint density at radius 1 is 1.40 bits per heavy atom. The van der Waals surface area contributed by atoms with E-state index < -0.39 is 0 Å². The Hall–Kier alpha value is -0.970. The molecule has 0 saturated carbocycles. The maximum Gasteiger partial charge on any atom is 0.179 e. The van der Waals surface area contributed by atoms with Crippen LogP contribution in [-0.4, -0.2) is 19.4 Å². The Labute approximate surface area is 93.7 Å². The molecule has 4 nitrogen and oxygen atoms in total. The van der Waals surface area contributed by atoms with Crippen molar-refractivity contribution < 1.29 is 14.7 Å². The molecule has 0 heterocycles. The lowest BCUT2D eigenvalue weighted by atomic mass is 10.1. The highest BCUT2D eigenvalue weighted by atomic mass is 35.5. The predicted octanol–water partition coefficient (Wildman–Crippen LogP) is 2.14. The van der Waals surface area contributed by atoms with Crippen molar-refractivity contribution in [3.8, 4) is 11.5 Å². The third-order valence-corrected chi connectivity index (χ3v) is 2.59. The summed E-state index contributed by atoms with van der Waals surface area (Å²) in [5.74, 6) is 1.07. The van der Waals surface area contributed by atoms with Gasteiger partial charge in [0.25, 0.3) is 0 Å². The van der Waals surface area contributed by atoms with Crippen molar-refractivity contribution in [2.45, 2.75) is 13.5 Å². The van der Waals surface area contributed by atoms with Crippen LogP contribution in [0.15, 0.2) is 6.07 Å². The van der Waals surface area contributed by atoms with Crippen LogP contribution in [0.4, 0.5) is 0 Å². The number of nitrogens with one attached hydrogen (secondary N) is 1. The van der Waals surface area contributed by atoms with Gasteiger partial charge in [-0.2, -0.15) is 0 Å². The van der Waals surface area contributed by atoms with Gasteiger partial charge in [0, 0.05) is 6.54 Å². The molecule has 15 heavy (non-hydrogen) atoms. The zero-order chi connectivity index (χ0) is 11.4. The first-order valence-electron chi connectivity index (χ1n) is 4.42. The average molecular weight is 232 g/mol. The fraction of sp³-hybridized carbons (Fsp3) is 0.400. The number of hydrogen-bond donors (Lipinski definition) is 2. The fourth-order valence-corrected chi connectivity index (χ4v) is 1.79. The minimum Gasteiger partial charge on any atom is -0.493 e. The maximum atomic E-state index is 8.68. The first-order chi connectivity index (χ1) is 7.15. The molecule has 84 valence electrons. The van der Waals surface area contributed by atoms with Gasteiger partial charge in [-0.05, 0) is 24.1 Å².